The molecule has 0 saturated carbocycles. The Kier molecular flexibility index (Phi) is 5.38. The van der Waals surface area contributed by atoms with Crippen LogP contribution in [0.15, 0.2) is 24.3 Å². The molecule has 2 aliphatic rings. The van der Waals surface area contributed by atoms with Gasteiger partial charge in [-0.3, -0.25) is 14.7 Å². The van der Waals surface area contributed by atoms with Gasteiger partial charge in [0.2, 0.25) is 5.91 Å². The quantitative estimate of drug-likeness (QED) is 0.830. The molecule has 2 aliphatic heterocycles. The number of aromatic amines is 1. The van der Waals surface area contributed by atoms with Gasteiger partial charge in [0.05, 0.1) is 6.42 Å². The first-order chi connectivity index (χ1) is 13.6. The maximum Gasteiger partial charge on any atom is 0.274 e. The third-order valence-corrected chi connectivity index (χ3v) is 5.39. The van der Waals surface area contributed by atoms with Crippen molar-refractivity contribution in [1.82, 2.24) is 25.3 Å². The number of nitrogens with zero attached hydrogens (tertiary/aromatic N) is 3. The van der Waals surface area contributed by atoms with E-state index >= 15 is 0 Å². The van der Waals surface area contributed by atoms with Crippen LogP contribution in [-0.4, -0.2) is 64.5 Å². The number of amides is 2. The monoisotopic (exact) mass is 385 g/mol. The van der Waals surface area contributed by atoms with Crippen LogP contribution in [0.5, 0.6) is 0 Å². The van der Waals surface area contributed by atoms with Gasteiger partial charge in [0.15, 0.2) is 5.69 Å². The minimum Gasteiger partial charge on any atom is -0.341 e. The number of benzene rings is 1. The number of carbonyl (C=O) groups is 2. The van der Waals surface area contributed by atoms with Gasteiger partial charge in [0.1, 0.15) is 5.82 Å². The summed E-state index contributed by atoms with van der Waals surface area (Å²) in [6.07, 6.45) is 1.73. The van der Waals surface area contributed by atoms with Gasteiger partial charge in [-0.15, -0.1) is 0 Å². The van der Waals surface area contributed by atoms with Crippen LogP contribution in [0.1, 0.15) is 33.7 Å². The molecule has 8 heteroatoms. The predicted octanol–water partition coefficient (Wildman–Crippen LogP) is 1.11. The largest absolute Gasteiger partial charge is 0.341 e. The Morgan fingerprint density at radius 1 is 1.14 bits per heavy atom. The van der Waals surface area contributed by atoms with Crippen LogP contribution in [0.25, 0.3) is 0 Å². The first kappa shape index (κ1) is 18.6. The molecule has 0 radical (unpaired) electrons. The van der Waals surface area contributed by atoms with Crippen LogP contribution >= 0.6 is 0 Å². The van der Waals surface area contributed by atoms with Crippen LogP contribution in [0.4, 0.5) is 4.39 Å². The third-order valence-electron chi connectivity index (χ3n) is 5.39. The molecule has 0 aliphatic carbocycles. The fraction of sp³-hybridized carbons (Fsp3) is 0.450. The van der Waals surface area contributed by atoms with Crippen LogP contribution in [0.2, 0.25) is 0 Å². The number of aromatic nitrogens is 2. The molecule has 0 spiro atoms. The van der Waals surface area contributed by atoms with Crippen molar-refractivity contribution in [3.05, 3.63) is 52.6 Å². The lowest BCUT2D eigenvalue weighted by Gasteiger charge is -2.22. The summed E-state index contributed by atoms with van der Waals surface area (Å²) in [4.78, 5) is 29.1. The molecule has 1 aromatic heterocycles. The van der Waals surface area contributed by atoms with E-state index < -0.39 is 0 Å². The highest BCUT2D eigenvalue weighted by Gasteiger charge is 2.28. The minimum atomic E-state index is -0.338. The second-order valence-corrected chi connectivity index (χ2v) is 7.29. The topological polar surface area (TPSA) is 81.3 Å². The molecule has 2 N–H and O–H groups in total. The molecule has 28 heavy (non-hydrogen) atoms. The highest BCUT2D eigenvalue weighted by Crippen LogP contribution is 2.18. The maximum absolute atomic E-state index is 13.3. The Morgan fingerprint density at radius 3 is 2.82 bits per heavy atom. The second-order valence-electron chi connectivity index (χ2n) is 7.29. The summed E-state index contributed by atoms with van der Waals surface area (Å²) in [5, 5.41) is 10.5. The van der Waals surface area contributed by atoms with Gasteiger partial charge in [-0.2, -0.15) is 5.10 Å². The van der Waals surface area contributed by atoms with Crippen molar-refractivity contribution >= 4 is 11.8 Å². The normalized spacial score (nSPS) is 17.2. The van der Waals surface area contributed by atoms with E-state index in [-0.39, 0.29) is 24.1 Å². The zero-order valence-corrected chi connectivity index (χ0v) is 15.7. The Labute approximate surface area is 162 Å². The lowest BCUT2D eigenvalue weighted by molar-refractivity contribution is -0.130. The van der Waals surface area contributed by atoms with E-state index in [0.717, 1.165) is 24.2 Å². The first-order valence-electron chi connectivity index (χ1n) is 9.70. The van der Waals surface area contributed by atoms with Crippen molar-refractivity contribution in [2.45, 2.75) is 25.8 Å². The number of rotatable bonds is 3. The van der Waals surface area contributed by atoms with Crippen LogP contribution < -0.4 is 5.32 Å². The summed E-state index contributed by atoms with van der Waals surface area (Å²) in [5.41, 5.74) is 3.14. The average Bonchev–Trinajstić information content (AvgIpc) is 2.96. The first-order valence-corrected chi connectivity index (χ1v) is 9.70. The number of H-pyrrole nitrogens is 1. The number of fused-ring (bicyclic) bond motifs is 1. The second kappa shape index (κ2) is 8.10. The van der Waals surface area contributed by atoms with Crippen LogP contribution in [0, 0.1) is 5.82 Å². The highest BCUT2D eigenvalue weighted by atomic mass is 19.1. The average molecular weight is 385 g/mol. The third kappa shape index (κ3) is 3.91. The molecule has 1 fully saturated rings. The molecule has 0 atom stereocenters. The molecule has 7 nitrogen and oxygen atoms in total. The lowest BCUT2D eigenvalue weighted by atomic mass is 10.1. The molecule has 4 rings (SSSR count). The van der Waals surface area contributed by atoms with E-state index in [1.165, 1.54) is 12.1 Å². The van der Waals surface area contributed by atoms with Gasteiger partial charge in [0.25, 0.3) is 5.91 Å². The number of hydrogen-bond donors (Lipinski definition) is 2. The van der Waals surface area contributed by atoms with Crippen molar-refractivity contribution in [1.29, 1.82) is 0 Å². The Morgan fingerprint density at radius 2 is 1.96 bits per heavy atom. The van der Waals surface area contributed by atoms with Crippen molar-refractivity contribution < 1.29 is 14.0 Å². The summed E-state index contributed by atoms with van der Waals surface area (Å²) in [6, 6.07) is 6.12. The van der Waals surface area contributed by atoms with Crippen molar-refractivity contribution in [2.24, 2.45) is 0 Å². The van der Waals surface area contributed by atoms with Gasteiger partial charge in [-0.05, 0) is 24.1 Å². The molecule has 2 aromatic rings. The molecular weight excluding hydrogens is 361 g/mol. The summed E-state index contributed by atoms with van der Waals surface area (Å²) in [6.45, 7) is 3.68. The molecular formula is C20H24FN5O2. The summed E-state index contributed by atoms with van der Waals surface area (Å²) in [7, 11) is 0. The van der Waals surface area contributed by atoms with Gasteiger partial charge in [0, 0.05) is 56.9 Å². The zero-order valence-electron chi connectivity index (χ0n) is 15.7. The molecule has 148 valence electrons. The van der Waals surface area contributed by atoms with E-state index in [9.17, 15) is 14.0 Å². The van der Waals surface area contributed by atoms with E-state index in [4.69, 9.17) is 0 Å². The SMILES string of the molecule is O=C(Cc1cccc(F)c1)N1CCCN(C(=O)c2n[nH]c3c2CNCC3)CC1. The van der Waals surface area contributed by atoms with E-state index in [2.05, 4.69) is 15.5 Å². The summed E-state index contributed by atoms with van der Waals surface area (Å²) < 4.78 is 13.3. The fourth-order valence-electron chi connectivity index (χ4n) is 3.86. The van der Waals surface area contributed by atoms with Crippen molar-refractivity contribution in [2.75, 3.05) is 32.7 Å². The molecule has 1 aromatic carbocycles. The van der Waals surface area contributed by atoms with Crippen molar-refractivity contribution in [3.63, 3.8) is 0 Å². The van der Waals surface area contributed by atoms with E-state index in [1.807, 2.05) is 0 Å². The smallest absolute Gasteiger partial charge is 0.274 e. The van der Waals surface area contributed by atoms with E-state index in [1.54, 1.807) is 21.9 Å². The molecule has 2 amide bonds. The Bertz CT molecular complexity index is 881. The standard InChI is InChI=1S/C20H24FN5O2/c21-15-4-1-3-14(11-15)12-18(27)25-7-2-8-26(10-9-25)20(28)19-16-13-22-6-5-17(16)23-24-19/h1,3-4,11,22H,2,5-10,12-13H2,(H,23,24). The number of carbonyl (C=O) groups excluding carboxylic acids is 2. The molecule has 3 heterocycles. The number of halogens is 1. The highest BCUT2D eigenvalue weighted by molar-refractivity contribution is 5.94. The lowest BCUT2D eigenvalue weighted by Crippen LogP contribution is -2.38. The maximum atomic E-state index is 13.3. The molecule has 1 saturated heterocycles. The number of hydrogen-bond acceptors (Lipinski definition) is 4. The van der Waals surface area contributed by atoms with Gasteiger partial charge in [-0.25, -0.2) is 4.39 Å². The van der Waals surface area contributed by atoms with Gasteiger partial charge >= 0.3 is 0 Å². The number of nitrogens with one attached hydrogen (secondary N) is 2. The van der Waals surface area contributed by atoms with Crippen molar-refractivity contribution in [3.8, 4) is 0 Å². The van der Waals surface area contributed by atoms with Crippen LogP contribution in [-0.2, 0) is 24.2 Å². The summed E-state index contributed by atoms with van der Waals surface area (Å²) >= 11 is 0. The van der Waals surface area contributed by atoms with Gasteiger partial charge < -0.3 is 15.1 Å². The summed E-state index contributed by atoms with van der Waals surface area (Å²) in [5.74, 6) is -0.461. The Hall–Kier alpha value is -2.74. The zero-order chi connectivity index (χ0) is 19.5. The van der Waals surface area contributed by atoms with Gasteiger partial charge in [-0.1, -0.05) is 12.1 Å². The molecule has 0 unspecified atom stereocenters. The fourth-order valence-corrected chi connectivity index (χ4v) is 3.86. The Balaban J connectivity index is 1.39. The minimum absolute atomic E-state index is 0.0405. The van der Waals surface area contributed by atoms with E-state index in [0.29, 0.717) is 50.4 Å². The molecule has 0 bridgehead atoms. The van der Waals surface area contributed by atoms with Crippen LogP contribution in [0.3, 0.4) is 0 Å². The predicted molar refractivity (Wildman–Crippen MR) is 101 cm³/mol.